The second-order valence-electron chi connectivity index (χ2n) is 4.45. The van der Waals surface area contributed by atoms with Gasteiger partial charge in [0.25, 0.3) is 0 Å². The van der Waals surface area contributed by atoms with Gasteiger partial charge in [0.1, 0.15) is 0 Å². The van der Waals surface area contributed by atoms with E-state index in [0.29, 0.717) is 5.56 Å². The van der Waals surface area contributed by atoms with Crippen molar-refractivity contribution in [3.63, 3.8) is 0 Å². The maximum absolute atomic E-state index is 11.8. The molecule has 5 heteroatoms. The molecule has 0 N–H and O–H groups in total. The third-order valence-electron chi connectivity index (χ3n) is 3.08. The van der Waals surface area contributed by atoms with E-state index in [2.05, 4.69) is 5.10 Å². The first kappa shape index (κ1) is 12.9. The van der Waals surface area contributed by atoms with Crippen LogP contribution in [0.25, 0.3) is 5.69 Å². The Morgan fingerprint density at radius 2 is 2.06 bits per heavy atom. The quantitative estimate of drug-likeness (QED) is 0.632. The van der Waals surface area contributed by atoms with Gasteiger partial charge >= 0.3 is 0 Å². The van der Waals surface area contributed by atoms with Gasteiger partial charge in [-0.2, -0.15) is 5.10 Å². The fourth-order valence-corrected chi connectivity index (χ4v) is 2.44. The van der Waals surface area contributed by atoms with Crippen LogP contribution >= 0.6 is 11.6 Å². The highest BCUT2D eigenvalue weighted by Gasteiger charge is 2.17. The highest BCUT2D eigenvalue weighted by Crippen LogP contribution is 2.23. The molecule has 0 fully saturated rings. The van der Waals surface area contributed by atoms with Crippen molar-refractivity contribution in [2.45, 2.75) is 20.8 Å². The molecule has 0 aliphatic heterocycles. The molecule has 2 aromatic rings. The Kier molecular flexibility index (Phi) is 3.30. The SMILES string of the molecule is Cc1nn(C)cc1-n1c(C)cc(C(=O)CCl)c1C. The van der Waals surface area contributed by atoms with Gasteiger partial charge in [0.05, 0.1) is 17.3 Å². The van der Waals surface area contributed by atoms with Gasteiger partial charge in [-0.25, -0.2) is 0 Å². The lowest BCUT2D eigenvalue weighted by Crippen LogP contribution is -2.04. The summed E-state index contributed by atoms with van der Waals surface area (Å²) in [6, 6.07) is 1.88. The van der Waals surface area contributed by atoms with E-state index in [1.54, 1.807) is 4.68 Å². The minimum Gasteiger partial charge on any atom is -0.315 e. The Morgan fingerprint density at radius 3 is 2.56 bits per heavy atom. The number of rotatable bonds is 3. The molecule has 2 aromatic heterocycles. The normalized spacial score (nSPS) is 10.9. The Balaban J connectivity index is 2.62. The predicted molar refractivity (Wildman–Crippen MR) is 71.8 cm³/mol. The summed E-state index contributed by atoms with van der Waals surface area (Å²) in [4.78, 5) is 11.8. The zero-order valence-electron chi connectivity index (χ0n) is 11.0. The maximum atomic E-state index is 11.8. The van der Waals surface area contributed by atoms with Crippen molar-refractivity contribution in [2.24, 2.45) is 7.05 Å². The number of hydrogen-bond donors (Lipinski definition) is 0. The van der Waals surface area contributed by atoms with Gasteiger partial charge in [-0.05, 0) is 26.8 Å². The lowest BCUT2D eigenvalue weighted by Gasteiger charge is -2.07. The molecule has 0 unspecified atom stereocenters. The number of carbonyl (C=O) groups excluding carboxylic acids is 1. The number of halogens is 1. The summed E-state index contributed by atoms with van der Waals surface area (Å²) in [5.74, 6) is -0.0337. The smallest absolute Gasteiger partial charge is 0.179 e. The van der Waals surface area contributed by atoms with Crippen molar-refractivity contribution in [3.05, 3.63) is 34.9 Å². The first-order valence-corrected chi connectivity index (χ1v) is 6.28. The van der Waals surface area contributed by atoms with Gasteiger partial charge in [-0.1, -0.05) is 0 Å². The summed E-state index contributed by atoms with van der Waals surface area (Å²) in [6.45, 7) is 5.86. The Morgan fingerprint density at radius 1 is 1.39 bits per heavy atom. The first-order valence-electron chi connectivity index (χ1n) is 5.74. The molecule has 18 heavy (non-hydrogen) atoms. The summed E-state index contributed by atoms with van der Waals surface area (Å²) in [6.07, 6.45) is 1.95. The molecule has 0 saturated carbocycles. The summed E-state index contributed by atoms with van der Waals surface area (Å²) >= 11 is 5.63. The van der Waals surface area contributed by atoms with Crippen LogP contribution < -0.4 is 0 Å². The molecule has 0 saturated heterocycles. The van der Waals surface area contributed by atoms with Crippen LogP contribution in [0.5, 0.6) is 0 Å². The number of carbonyl (C=O) groups is 1. The number of alkyl halides is 1. The van der Waals surface area contributed by atoms with Crippen molar-refractivity contribution in [1.29, 1.82) is 0 Å². The number of hydrogen-bond acceptors (Lipinski definition) is 2. The Hall–Kier alpha value is -1.55. The van der Waals surface area contributed by atoms with Crippen LogP contribution in [0.3, 0.4) is 0 Å². The molecular formula is C13H16ClN3O. The van der Waals surface area contributed by atoms with E-state index in [4.69, 9.17) is 11.6 Å². The van der Waals surface area contributed by atoms with Crippen molar-refractivity contribution in [3.8, 4) is 5.69 Å². The Labute approximate surface area is 111 Å². The van der Waals surface area contributed by atoms with Crippen molar-refractivity contribution >= 4 is 17.4 Å². The van der Waals surface area contributed by atoms with Crippen LogP contribution in [0, 0.1) is 20.8 Å². The predicted octanol–water partition coefficient (Wildman–Crippen LogP) is 2.56. The molecule has 2 rings (SSSR count). The number of ketones is 1. The monoisotopic (exact) mass is 265 g/mol. The number of aryl methyl sites for hydroxylation is 3. The van der Waals surface area contributed by atoms with E-state index >= 15 is 0 Å². The van der Waals surface area contributed by atoms with E-state index in [1.807, 2.05) is 44.6 Å². The van der Waals surface area contributed by atoms with E-state index in [9.17, 15) is 4.79 Å². The van der Waals surface area contributed by atoms with Crippen LogP contribution in [-0.4, -0.2) is 26.0 Å². The third kappa shape index (κ3) is 1.97. The fraction of sp³-hybridized carbons (Fsp3) is 0.385. The summed E-state index contributed by atoms with van der Waals surface area (Å²) in [5.41, 5.74) is 4.54. The molecule has 0 radical (unpaired) electrons. The molecule has 4 nitrogen and oxygen atoms in total. The highest BCUT2D eigenvalue weighted by molar-refractivity contribution is 6.30. The van der Waals surface area contributed by atoms with Crippen molar-refractivity contribution < 1.29 is 4.79 Å². The van der Waals surface area contributed by atoms with Gasteiger partial charge in [-0.15, -0.1) is 11.6 Å². The molecule has 0 amide bonds. The maximum Gasteiger partial charge on any atom is 0.179 e. The zero-order valence-corrected chi connectivity index (χ0v) is 11.7. The van der Waals surface area contributed by atoms with Crippen LogP contribution in [0.2, 0.25) is 0 Å². The molecule has 96 valence electrons. The molecule has 0 bridgehead atoms. The lowest BCUT2D eigenvalue weighted by atomic mass is 10.2. The van der Waals surface area contributed by atoms with Gasteiger partial charge in [0, 0.05) is 30.2 Å². The average Bonchev–Trinajstić information content (AvgIpc) is 2.78. The van der Waals surface area contributed by atoms with Crippen LogP contribution in [0.15, 0.2) is 12.3 Å². The van der Waals surface area contributed by atoms with Gasteiger partial charge in [-0.3, -0.25) is 9.48 Å². The largest absolute Gasteiger partial charge is 0.315 e. The second-order valence-corrected chi connectivity index (χ2v) is 4.72. The number of Topliss-reactive ketones (excluding diaryl/α,β-unsaturated/α-hetero) is 1. The summed E-state index contributed by atoms with van der Waals surface area (Å²) in [5, 5.41) is 4.33. The van der Waals surface area contributed by atoms with E-state index in [0.717, 1.165) is 22.8 Å². The standard InChI is InChI=1S/C13H16ClN3O/c1-8-5-11(13(18)6-14)10(3)17(8)12-7-16(4)15-9(12)2/h5,7H,6H2,1-4H3. The second kappa shape index (κ2) is 4.61. The molecule has 2 heterocycles. The van der Waals surface area contributed by atoms with E-state index in [1.165, 1.54) is 0 Å². The van der Waals surface area contributed by atoms with Crippen molar-refractivity contribution in [2.75, 3.05) is 5.88 Å². The number of aromatic nitrogens is 3. The van der Waals surface area contributed by atoms with Gasteiger partial charge in [0.2, 0.25) is 0 Å². The first-order chi connectivity index (χ1) is 8.45. The van der Waals surface area contributed by atoms with E-state index in [-0.39, 0.29) is 11.7 Å². The van der Waals surface area contributed by atoms with E-state index < -0.39 is 0 Å². The minimum absolute atomic E-state index is 0.0102. The Bertz CT molecular complexity index is 610. The summed E-state index contributed by atoms with van der Waals surface area (Å²) < 4.78 is 3.81. The molecule has 0 aliphatic rings. The molecule has 0 atom stereocenters. The highest BCUT2D eigenvalue weighted by atomic mass is 35.5. The third-order valence-corrected chi connectivity index (χ3v) is 3.32. The molecular weight excluding hydrogens is 250 g/mol. The summed E-state index contributed by atoms with van der Waals surface area (Å²) in [7, 11) is 1.88. The number of nitrogens with zero attached hydrogens (tertiary/aromatic N) is 3. The van der Waals surface area contributed by atoms with Crippen LogP contribution in [-0.2, 0) is 7.05 Å². The molecule has 0 aromatic carbocycles. The molecule has 0 aliphatic carbocycles. The molecule has 0 spiro atoms. The van der Waals surface area contributed by atoms with Gasteiger partial charge in [0.15, 0.2) is 5.78 Å². The fourth-order valence-electron chi connectivity index (χ4n) is 2.29. The van der Waals surface area contributed by atoms with Crippen molar-refractivity contribution in [1.82, 2.24) is 14.3 Å². The van der Waals surface area contributed by atoms with Crippen LogP contribution in [0.4, 0.5) is 0 Å². The minimum atomic E-state index is -0.0439. The topological polar surface area (TPSA) is 39.8 Å². The van der Waals surface area contributed by atoms with Gasteiger partial charge < -0.3 is 4.57 Å². The average molecular weight is 266 g/mol. The van der Waals surface area contributed by atoms with Crippen LogP contribution in [0.1, 0.15) is 27.4 Å². The lowest BCUT2D eigenvalue weighted by molar-refractivity contribution is 0.102. The zero-order chi connectivity index (χ0) is 13.4.